The minimum Gasteiger partial charge on any atom is -0.316 e. The fraction of sp³-hybridized carbons (Fsp3) is 0.286. The fourth-order valence-corrected chi connectivity index (χ4v) is 5.98. The SMILES string of the molecule is C=C(C)N1/C(=C(\C(C)CC)S(=O)Nc2ccnc(Cl)c2)CSc2ccc(Cl)cc21. The van der Waals surface area contributed by atoms with Crippen molar-refractivity contribution in [2.75, 3.05) is 15.4 Å². The van der Waals surface area contributed by atoms with Crippen molar-refractivity contribution in [3.05, 3.63) is 69.6 Å². The van der Waals surface area contributed by atoms with E-state index in [1.165, 1.54) is 0 Å². The number of hydrogen-bond donors (Lipinski definition) is 1. The van der Waals surface area contributed by atoms with Crippen LogP contribution in [0.3, 0.4) is 0 Å². The van der Waals surface area contributed by atoms with Crippen LogP contribution >= 0.6 is 35.0 Å². The minimum atomic E-state index is -1.45. The lowest BCUT2D eigenvalue weighted by molar-refractivity contribution is 0.653. The number of nitrogens with zero attached hydrogens (tertiary/aromatic N) is 2. The third kappa shape index (κ3) is 5.00. The molecule has 0 aliphatic carbocycles. The van der Waals surface area contributed by atoms with Crippen molar-refractivity contribution in [3.63, 3.8) is 0 Å². The molecule has 2 atom stereocenters. The van der Waals surface area contributed by atoms with Gasteiger partial charge in [-0.15, -0.1) is 11.8 Å². The molecule has 0 radical (unpaired) electrons. The van der Waals surface area contributed by atoms with Gasteiger partial charge in [0.25, 0.3) is 0 Å². The molecule has 154 valence electrons. The Kier molecular flexibility index (Phi) is 7.32. The predicted octanol–water partition coefficient (Wildman–Crippen LogP) is 6.87. The first-order valence-corrected chi connectivity index (χ1v) is 12.1. The van der Waals surface area contributed by atoms with Crippen LogP contribution in [0.4, 0.5) is 11.4 Å². The van der Waals surface area contributed by atoms with E-state index in [0.29, 0.717) is 21.6 Å². The van der Waals surface area contributed by atoms with E-state index in [1.807, 2.05) is 25.1 Å². The van der Waals surface area contributed by atoms with E-state index in [4.69, 9.17) is 23.2 Å². The summed E-state index contributed by atoms with van der Waals surface area (Å²) >= 11 is 14.0. The number of halogens is 2. The van der Waals surface area contributed by atoms with Gasteiger partial charge in [-0.25, -0.2) is 9.19 Å². The van der Waals surface area contributed by atoms with Crippen LogP contribution in [0, 0.1) is 5.92 Å². The highest BCUT2D eigenvalue weighted by atomic mass is 35.5. The molecule has 0 bridgehead atoms. The Bertz CT molecular complexity index is 994. The van der Waals surface area contributed by atoms with E-state index in [-0.39, 0.29) is 5.92 Å². The van der Waals surface area contributed by atoms with Crippen LogP contribution in [0.25, 0.3) is 0 Å². The number of anilines is 2. The maximum atomic E-state index is 13.5. The third-order valence-corrected chi connectivity index (χ3v) is 7.63. The van der Waals surface area contributed by atoms with E-state index in [2.05, 4.69) is 35.0 Å². The number of aromatic nitrogens is 1. The molecule has 0 saturated carbocycles. The van der Waals surface area contributed by atoms with Gasteiger partial charge in [0.05, 0.1) is 16.3 Å². The van der Waals surface area contributed by atoms with Crippen LogP contribution in [0.15, 0.2) is 64.3 Å². The molecule has 4 nitrogen and oxygen atoms in total. The van der Waals surface area contributed by atoms with E-state index in [9.17, 15) is 4.21 Å². The van der Waals surface area contributed by atoms with Crippen LogP contribution < -0.4 is 9.62 Å². The van der Waals surface area contributed by atoms with Gasteiger partial charge in [-0.3, -0.25) is 0 Å². The summed E-state index contributed by atoms with van der Waals surface area (Å²) in [7, 11) is -1.45. The quantitative estimate of drug-likeness (QED) is 0.470. The Morgan fingerprint density at radius 2 is 2.14 bits per heavy atom. The molecule has 1 N–H and O–H groups in total. The summed E-state index contributed by atoms with van der Waals surface area (Å²) in [5, 5.41) is 1.01. The molecule has 0 spiro atoms. The predicted molar refractivity (Wildman–Crippen MR) is 127 cm³/mol. The van der Waals surface area contributed by atoms with E-state index in [0.717, 1.165) is 33.3 Å². The summed E-state index contributed by atoms with van der Waals surface area (Å²) in [6.07, 6.45) is 2.45. The lowest BCUT2D eigenvalue weighted by Crippen LogP contribution is -2.30. The van der Waals surface area contributed by atoms with Crippen LogP contribution in [-0.4, -0.2) is 14.9 Å². The zero-order chi connectivity index (χ0) is 21.1. The van der Waals surface area contributed by atoms with Gasteiger partial charge >= 0.3 is 0 Å². The molecule has 0 amide bonds. The molecule has 0 saturated heterocycles. The molecule has 1 aromatic heterocycles. The van der Waals surface area contributed by atoms with Crippen molar-refractivity contribution in [2.24, 2.45) is 5.92 Å². The number of hydrogen-bond acceptors (Lipinski definition) is 4. The second-order valence-electron chi connectivity index (χ2n) is 6.83. The summed E-state index contributed by atoms with van der Waals surface area (Å²) in [6, 6.07) is 9.27. The van der Waals surface area contributed by atoms with Crippen LogP contribution in [0.2, 0.25) is 10.2 Å². The van der Waals surface area contributed by atoms with Crippen molar-refractivity contribution in [1.29, 1.82) is 0 Å². The average molecular weight is 468 g/mol. The van der Waals surface area contributed by atoms with Gasteiger partial charge in [0.15, 0.2) is 0 Å². The first-order chi connectivity index (χ1) is 13.8. The van der Waals surface area contributed by atoms with Crippen LogP contribution in [0.1, 0.15) is 27.2 Å². The minimum absolute atomic E-state index is 0.110. The highest BCUT2D eigenvalue weighted by Gasteiger charge is 2.30. The van der Waals surface area contributed by atoms with Crippen molar-refractivity contribution >= 4 is 57.3 Å². The largest absolute Gasteiger partial charge is 0.316 e. The molecule has 1 aliphatic heterocycles. The monoisotopic (exact) mass is 467 g/mol. The first kappa shape index (κ1) is 22.2. The summed E-state index contributed by atoms with van der Waals surface area (Å²) in [6.45, 7) is 10.3. The Morgan fingerprint density at radius 3 is 2.79 bits per heavy atom. The summed E-state index contributed by atoms with van der Waals surface area (Å²) < 4.78 is 16.5. The van der Waals surface area contributed by atoms with Crippen molar-refractivity contribution in [1.82, 2.24) is 4.98 Å². The van der Waals surface area contributed by atoms with Gasteiger partial charge < -0.3 is 9.62 Å². The summed E-state index contributed by atoms with van der Waals surface area (Å²) in [4.78, 5) is 8.04. The Balaban J connectivity index is 2.10. The van der Waals surface area contributed by atoms with Crippen LogP contribution in [-0.2, 0) is 11.0 Å². The molecule has 29 heavy (non-hydrogen) atoms. The lowest BCUT2D eigenvalue weighted by atomic mass is 10.1. The smallest absolute Gasteiger partial charge is 0.148 e. The van der Waals surface area contributed by atoms with Crippen LogP contribution in [0.5, 0.6) is 0 Å². The number of rotatable bonds is 6. The second kappa shape index (κ2) is 9.56. The first-order valence-electron chi connectivity index (χ1n) is 9.22. The van der Waals surface area contributed by atoms with Gasteiger partial charge in [0, 0.05) is 33.3 Å². The molecule has 1 aromatic carbocycles. The molecule has 0 fully saturated rings. The number of nitrogens with one attached hydrogen (secondary N) is 1. The molecule has 2 heterocycles. The van der Waals surface area contributed by atoms with E-state index in [1.54, 1.807) is 30.1 Å². The number of fused-ring (bicyclic) bond motifs is 1. The van der Waals surface area contributed by atoms with Gasteiger partial charge in [-0.05, 0) is 49.6 Å². The number of benzene rings is 1. The Hall–Kier alpha value is -1.47. The summed E-state index contributed by atoms with van der Waals surface area (Å²) in [5.41, 5.74) is 3.48. The third-order valence-electron chi connectivity index (χ3n) is 4.66. The van der Waals surface area contributed by atoms with Gasteiger partial charge in [0.2, 0.25) is 0 Å². The standard InChI is InChI=1S/C21H23Cl2N3OS2/c1-5-14(4)21(29(27)25-16-8-9-24-20(23)11-16)18-12-28-19-7-6-15(22)10-17(19)26(18)13(2)3/h6-11,14H,2,5,12H2,1,3-4H3,(H,24,25)/b21-18+. The number of pyridine rings is 1. The maximum absolute atomic E-state index is 13.5. The maximum Gasteiger partial charge on any atom is 0.148 e. The Labute approximate surface area is 189 Å². The molecular formula is C21H23Cl2N3OS2. The van der Waals surface area contributed by atoms with Crippen molar-refractivity contribution in [2.45, 2.75) is 32.1 Å². The lowest BCUT2D eigenvalue weighted by Gasteiger charge is -2.36. The topological polar surface area (TPSA) is 45.2 Å². The number of thioether (sulfide) groups is 1. The molecule has 2 unspecified atom stereocenters. The molecular weight excluding hydrogens is 445 g/mol. The highest BCUT2D eigenvalue weighted by Crippen LogP contribution is 2.44. The van der Waals surface area contributed by atoms with Crippen molar-refractivity contribution < 1.29 is 4.21 Å². The normalized spacial score (nSPS) is 17.3. The summed E-state index contributed by atoms with van der Waals surface area (Å²) in [5.74, 6) is 0.810. The highest BCUT2D eigenvalue weighted by molar-refractivity contribution is 7.99. The van der Waals surface area contributed by atoms with Gasteiger partial charge in [-0.1, -0.05) is 43.6 Å². The fourth-order valence-electron chi connectivity index (χ4n) is 3.15. The second-order valence-corrected chi connectivity index (χ2v) is 9.85. The van der Waals surface area contributed by atoms with E-state index >= 15 is 0 Å². The van der Waals surface area contributed by atoms with E-state index < -0.39 is 11.0 Å². The van der Waals surface area contributed by atoms with Crippen molar-refractivity contribution in [3.8, 4) is 0 Å². The Morgan fingerprint density at radius 1 is 1.38 bits per heavy atom. The van der Waals surface area contributed by atoms with Gasteiger partial charge in [0.1, 0.15) is 16.1 Å². The zero-order valence-corrected chi connectivity index (χ0v) is 19.7. The average Bonchev–Trinajstić information content (AvgIpc) is 2.67. The van der Waals surface area contributed by atoms with Gasteiger partial charge in [-0.2, -0.15) is 0 Å². The molecule has 8 heteroatoms. The zero-order valence-electron chi connectivity index (χ0n) is 16.5. The molecule has 3 rings (SSSR count). The molecule has 1 aliphatic rings. The molecule has 2 aromatic rings. The number of allylic oxidation sites excluding steroid dienone is 2.